The van der Waals surface area contributed by atoms with E-state index >= 15 is 0 Å². The summed E-state index contributed by atoms with van der Waals surface area (Å²) in [5, 5.41) is 20.1. The van der Waals surface area contributed by atoms with Crippen molar-refractivity contribution in [2.24, 2.45) is 5.92 Å². The van der Waals surface area contributed by atoms with Crippen LogP contribution in [0.2, 0.25) is 0 Å². The molecule has 1 heterocycles. The van der Waals surface area contributed by atoms with Gasteiger partial charge < -0.3 is 10.4 Å². The van der Waals surface area contributed by atoms with Crippen molar-refractivity contribution in [3.8, 4) is 0 Å². The Morgan fingerprint density at radius 1 is 1.21 bits per heavy atom. The molecule has 0 unspecified atom stereocenters. The van der Waals surface area contributed by atoms with E-state index in [2.05, 4.69) is 15.5 Å². The second-order valence-electron chi connectivity index (χ2n) is 6.98. The number of benzene rings is 1. The maximum atomic E-state index is 12.8. The maximum Gasteiger partial charge on any atom is 0.272 e. The zero-order valence-corrected chi connectivity index (χ0v) is 13.7. The molecule has 2 aromatic rings. The first-order valence-electron chi connectivity index (χ1n) is 8.82. The van der Waals surface area contributed by atoms with Gasteiger partial charge in [-0.25, -0.2) is 0 Å². The van der Waals surface area contributed by atoms with E-state index in [9.17, 15) is 9.90 Å². The molecule has 1 saturated carbocycles. The number of fused-ring (bicyclic) bond motifs is 1. The van der Waals surface area contributed by atoms with Crippen molar-refractivity contribution in [3.63, 3.8) is 0 Å². The van der Waals surface area contributed by atoms with Gasteiger partial charge in [-0.1, -0.05) is 30.3 Å². The number of aromatic amines is 1. The standard InChI is InChI=1S/C19H23N3O2/c23-14-10-13(11-14)17(12-6-2-1-3-7-12)20-19(24)18-15-8-4-5-9-16(15)21-22-18/h1-3,6-7,13-14,17,23H,4-5,8-11H2,(H,20,24)(H,21,22)/t13?,14?,17-/m0/s1. The van der Waals surface area contributed by atoms with Crippen LogP contribution in [0.3, 0.4) is 0 Å². The average molecular weight is 325 g/mol. The second-order valence-corrected chi connectivity index (χ2v) is 6.98. The lowest BCUT2D eigenvalue weighted by molar-refractivity contribution is 0.0234. The van der Waals surface area contributed by atoms with Crippen LogP contribution in [0.5, 0.6) is 0 Å². The van der Waals surface area contributed by atoms with Crippen LogP contribution in [-0.2, 0) is 12.8 Å². The fourth-order valence-corrected chi connectivity index (χ4v) is 3.91. The molecule has 5 nitrogen and oxygen atoms in total. The number of aliphatic hydroxyl groups is 1. The SMILES string of the molecule is O=C(N[C@@H](c1ccccc1)C1CC(O)C1)c1n[nH]c2c1CCCC2. The molecule has 0 radical (unpaired) electrons. The fraction of sp³-hybridized carbons (Fsp3) is 0.474. The number of rotatable bonds is 4. The topological polar surface area (TPSA) is 78.0 Å². The summed E-state index contributed by atoms with van der Waals surface area (Å²) in [6.45, 7) is 0. The Labute approximate surface area is 141 Å². The summed E-state index contributed by atoms with van der Waals surface area (Å²) >= 11 is 0. The number of carbonyl (C=O) groups excluding carboxylic acids is 1. The van der Waals surface area contributed by atoms with Crippen molar-refractivity contribution in [1.29, 1.82) is 0 Å². The fourth-order valence-electron chi connectivity index (χ4n) is 3.91. The molecule has 24 heavy (non-hydrogen) atoms. The molecular formula is C19H23N3O2. The van der Waals surface area contributed by atoms with Crippen LogP contribution >= 0.6 is 0 Å². The van der Waals surface area contributed by atoms with Crippen molar-refractivity contribution in [2.45, 2.75) is 50.7 Å². The number of nitrogens with zero attached hydrogens (tertiary/aromatic N) is 1. The molecule has 1 fully saturated rings. The number of carbonyl (C=O) groups is 1. The second kappa shape index (κ2) is 6.40. The first kappa shape index (κ1) is 15.4. The molecule has 5 heteroatoms. The molecule has 0 bridgehead atoms. The first-order valence-corrected chi connectivity index (χ1v) is 8.82. The number of H-pyrrole nitrogens is 1. The predicted molar refractivity (Wildman–Crippen MR) is 90.6 cm³/mol. The van der Waals surface area contributed by atoms with Crippen molar-refractivity contribution in [1.82, 2.24) is 15.5 Å². The molecule has 2 aliphatic rings. The Morgan fingerprint density at radius 2 is 1.96 bits per heavy atom. The molecule has 0 spiro atoms. The molecule has 0 aliphatic heterocycles. The molecular weight excluding hydrogens is 302 g/mol. The lowest BCUT2D eigenvalue weighted by Crippen LogP contribution is -2.41. The molecule has 3 N–H and O–H groups in total. The van der Waals surface area contributed by atoms with Crippen molar-refractivity contribution < 1.29 is 9.90 Å². The number of hydrogen-bond donors (Lipinski definition) is 3. The van der Waals surface area contributed by atoms with Crippen molar-refractivity contribution >= 4 is 5.91 Å². The predicted octanol–water partition coefficient (Wildman–Crippen LogP) is 2.53. The highest BCUT2D eigenvalue weighted by Gasteiger charge is 2.36. The number of aryl methyl sites for hydroxylation is 1. The Hall–Kier alpha value is -2.14. The van der Waals surface area contributed by atoms with Gasteiger partial charge in [-0.15, -0.1) is 0 Å². The summed E-state index contributed by atoms with van der Waals surface area (Å²) in [4.78, 5) is 12.8. The van der Waals surface area contributed by atoms with Crippen LogP contribution in [0, 0.1) is 5.92 Å². The smallest absolute Gasteiger partial charge is 0.272 e. The molecule has 1 amide bonds. The van der Waals surface area contributed by atoms with Gasteiger partial charge in [-0.3, -0.25) is 9.89 Å². The van der Waals surface area contributed by atoms with Crippen LogP contribution in [0.1, 0.15) is 59.0 Å². The summed E-state index contributed by atoms with van der Waals surface area (Å²) in [6.07, 6.45) is 5.40. The van der Waals surface area contributed by atoms with E-state index in [1.807, 2.05) is 30.3 Å². The van der Waals surface area contributed by atoms with Gasteiger partial charge in [0.15, 0.2) is 5.69 Å². The van der Waals surface area contributed by atoms with E-state index in [-0.39, 0.29) is 24.0 Å². The van der Waals surface area contributed by atoms with Crippen LogP contribution in [0.15, 0.2) is 30.3 Å². The zero-order chi connectivity index (χ0) is 16.5. The summed E-state index contributed by atoms with van der Waals surface area (Å²) in [5.74, 6) is 0.172. The van der Waals surface area contributed by atoms with E-state index in [1.165, 1.54) is 0 Å². The number of aliphatic hydroxyl groups excluding tert-OH is 1. The lowest BCUT2D eigenvalue weighted by Gasteiger charge is -2.38. The number of amides is 1. The lowest BCUT2D eigenvalue weighted by atomic mass is 9.75. The summed E-state index contributed by atoms with van der Waals surface area (Å²) in [5.41, 5.74) is 3.83. The highest BCUT2D eigenvalue weighted by molar-refractivity contribution is 5.94. The minimum absolute atomic E-state index is 0.0713. The van der Waals surface area contributed by atoms with Gasteiger partial charge in [0.2, 0.25) is 0 Å². The van der Waals surface area contributed by atoms with Gasteiger partial charge in [-0.05, 0) is 50.0 Å². The van der Waals surface area contributed by atoms with Gasteiger partial charge in [-0.2, -0.15) is 5.10 Å². The molecule has 126 valence electrons. The molecule has 2 aliphatic carbocycles. The van der Waals surface area contributed by atoms with Gasteiger partial charge in [0.1, 0.15) is 0 Å². The monoisotopic (exact) mass is 325 g/mol. The highest BCUT2D eigenvalue weighted by atomic mass is 16.3. The van der Waals surface area contributed by atoms with Crippen LogP contribution in [-0.4, -0.2) is 27.3 Å². The minimum atomic E-state index is -0.240. The largest absolute Gasteiger partial charge is 0.393 e. The minimum Gasteiger partial charge on any atom is -0.393 e. The van der Waals surface area contributed by atoms with Gasteiger partial charge >= 0.3 is 0 Å². The Bertz CT molecular complexity index is 719. The summed E-state index contributed by atoms with van der Waals surface area (Å²) < 4.78 is 0. The highest BCUT2D eigenvalue weighted by Crippen LogP contribution is 2.38. The van der Waals surface area contributed by atoms with Crippen LogP contribution in [0.4, 0.5) is 0 Å². The molecule has 1 aromatic heterocycles. The number of aromatic nitrogens is 2. The third-order valence-corrected chi connectivity index (χ3v) is 5.34. The van der Waals surface area contributed by atoms with E-state index in [1.54, 1.807) is 0 Å². The first-order chi connectivity index (χ1) is 11.7. The summed E-state index contributed by atoms with van der Waals surface area (Å²) in [7, 11) is 0. The van der Waals surface area contributed by atoms with E-state index in [0.29, 0.717) is 5.69 Å². The molecule has 4 rings (SSSR count). The normalized spacial score (nSPS) is 23.9. The Kier molecular flexibility index (Phi) is 4.10. The average Bonchev–Trinajstić information content (AvgIpc) is 3.02. The van der Waals surface area contributed by atoms with E-state index in [4.69, 9.17) is 0 Å². The van der Waals surface area contributed by atoms with E-state index in [0.717, 1.165) is 55.3 Å². The molecule has 1 aromatic carbocycles. The summed E-state index contributed by atoms with van der Waals surface area (Å²) in [6, 6.07) is 9.95. The number of nitrogens with one attached hydrogen (secondary N) is 2. The zero-order valence-electron chi connectivity index (χ0n) is 13.7. The van der Waals surface area contributed by atoms with Crippen LogP contribution < -0.4 is 5.32 Å². The molecule has 0 saturated heterocycles. The third kappa shape index (κ3) is 2.84. The van der Waals surface area contributed by atoms with Gasteiger partial charge in [0.25, 0.3) is 5.91 Å². The quantitative estimate of drug-likeness (QED) is 0.808. The van der Waals surface area contributed by atoms with Gasteiger partial charge in [0, 0.05) is 11.3 Å². The Balaban J connectivity index is 1.56. The number of hydrogen-bond acceptors (Lipinski definition) is 3. The van der Waals surface area contributed by atoms with Gasteiger partial charge in [0.05, 0.1) is 12.1 Å². The molecule has 1 atom stereocenters. The van der Waals surface area contributed by atoms with E-state index < -0.39 is 0 Å². The van der Waals surface area contributed by atoms with Crippen molar-refractivity contribution in [2.75, 3.05) is 0 Å². The third-order valence-electron chi connectivity index (χ3n) is 5.34. The van der Waals surface area contributed by atoms with Crippen LogP contribution in [0.25, 0.3) is 0 Å². The maximum absolute atomic E-state index is 12.8. The Morgan fingerprint density at radius 3 is 2.71 bits per heavy atom. The van der Waals surface area contributed by atoms with Crippen molar-refractivity contribution in [3.05, 3.63) is 52.8 Å².